The molecule has 4 rings (SSSR count). The van der Waals surface area contributed by atoms with Crippen molar-refractivity contribution in [3.05, 3.63) is 54.2 Å². The van der Waals surface area contributed by atoms with Crippen LogP contribution in [0.5, 0.6) is 0 Å². The zero-order valence-corrected chi connectivity index (χ0v) is 14.7. The molecule has 0 aliphatic carbocycles. The van der Waals surface area contributed by atoms with Crippen LogP contribution in [-0.4, -0.2) is 38.6 Å². The van der Waals surface area contributed by atoms with Crippen molar-refractivity contribution in [1.82, 2.24) is 14.5 Å². The van der Waals surface area contributed by atoms with E-state index in [-0.39, 0.29) is 18.6 Å². The van der Waals surface area contributed by atoms with E-state index >= 15 is 0 Å². The summed E-state index contributed by atoms with van der Waals surface area (Å²) in [6.07, 6.45) is 7.53. The molecule has 2 aromatic heterocycles. The van der Waals surface area contributed by atoms with Gasteiger partial charge in [-0.2, -0.15) is 0 Å². The van der Waals surface area contributed by atoms with Gasteiger partial charge < -0.3 is 19.0 Å². The number of aliphatic hydroxyl groups excluding tert-OH is 1. The number of benzene rings is 1. The third-order valence-corrected chi connectivity index (χ3v) is 5.09. The molecule has 0 saturated carbocycles. The fourth-order valence-electron chi connectivity index (χ4n) is 3.78. The predicted molar refractivity (Wildman–Crippen MR) is 97.8 cm³/mol. The molecule has 1 saturated heterocycles. The molecule has 26 heavy (non-hydrogen) atoms. The molecule has 6 nitrogen and oxygen atoms in total. The smallest absolute Gasteiger partial charge is 0.254 e. The molecule has 1 atom stereocenters. The van der Waals surface area contributed by atoms with E-state index in [4.69, 9.17) is 9.52 Å². The van der Waals surface area contributed by atoms with E-state index in [0.717, 1.165) is 49.0 Å². The van der Waals surface area contributed by atoms with Gasteiger partial charge in [-0.25, -0.2) is 4.98 Å². The van der Waals surface area contributed by atoms with Gasteiger partial charge in [0.2, 0.25) is 0 Å². The highest BCUT2D eigenvalue weighted by Gasteiger charge is 2.29. The van der Waals surface area contributed by atoms with Gasteiger partial charge in [-0.05, 0) is 43.2 Å². The highest BCUT2D eigenvalue weighted by Crippen LogP contribution is 2.32. The second kappa shape index (κ2) is 7.33. The van der Waals surface area contributed by atoms with Crippen LogP contribution in [0.25, 0.3) is 11.0 Å². The van der Waals surface area contributed by atoms with Crippen molar-refractivity contribution in [3.8, 4) is 0 Å². The van der Waals surface area contributed by atoms with Crippen LogP contribution in [0.15, 0.2) is 47.3 Å². The number of hydrogen-bond donors (Lipinski definition) is 1. The Balaban J connectivity index is 1.65. The average molecular weight is 353 g/mol. The number of aliphatic hydroxyl groups is 1. The van der Waals surface area contributed by atoms with Gasteiger partial charge in [-0.15, -0.1) is 0 Å². The number of carbonyl (C=O) groups excluding carboxylic acids is 1. The molecule has 1 amide bonds. The first-order chi connectivity index (χ1) is 12.8. The van der Waals surface area contributed by atoms with E-state index in [1.54, 1.807) is 12.6 Å². The first kappa shape index (κ1) is 16.8. The largest absolute Gasteiger partial charge is 0.467 e. The van der Waals surface area contributed by atoms with Crippen molar-refractivity contribution in [1.29, 1.82) is 0 Å². The molecule has 1 aliphatic heterocycles. The maximum absolute atomic E-state index is 13.2. The normalized spacial score (nSPS) is 18.2. The number of nitrogens with zero attached hydrogens (tertiary/aromatic N) is 3. The number of fused-ring (bicyclic) bond motifs is 1. The summed E-state index contributed by atoms with van der Waals surface area (Å²) in [6.45, 7) is 1.29. The van der Waals surface area contributed by atoms with Gasteiger partial charge >= 0.3 is 0 Å². The summed E-state index contributed by atoms with van der Waals surface area (Å²) in [5, 5.41) is 9.14. The van der Waals surface area contributed by atoms with Crippen molar-refractivity contribution >= 4 is 16.9 Å². The molecule has 0 unspecified atom stereocenters. The zero-order chi connectivity index (χ0) is 17.9. The standard InChI is InChI=1S/C20H23N3O3/c24-11-10-22-14-21-16-13-15(7-8-17(16)22)20(25)23-9-3-1-2-5-18(23)19-6-4-12-26-19/h4,6-8,12-14,18,24H,1-3,5,9-11H2/t18-/m1/s1. The lowest BCUT2D eigenvalue weighted by Crippen LogP contribution is -2.34. The van der Waals surface area contributed by atoms with E-state index in [9.17, 15) is 4.79 Å². The van der Waals surface area contributed by atoms with Gasteiger partial charge in [-0.3, -0.25) is 4.79 Å². The number of furan rings is 1. The molecule has 1 N–H and O–H groups in total. The van der Waals surface area contributed by atoms with E-state index < -0.39 is 0 Å². The number of rotatable bonds is 4. The van der Waals surface area contributed by atoms with Crippen molar-refractivity contribution in [2.45, 2.75) is 38.3 Å². The van der Waals surface area contributed by atoms with Crippen molar-refractivity contribution in [3.63, 3.8) is 0 Å². The summed E-state index contributed by atoms with van der Waals surface area (Å²) in [5.74, 6) is 0.875. The van der Waals surface area contributed by atoms with Crippen LogP contribution >= 0.6 is 0 Å². The highest BCUT2D eigenvalue weighted by molar-refractivity contribution is 5.97. The molecule has 1 aliphatic rings. The average Bonchev–Trinajstić information content (AvgIpc) is 3.26. The second-order valence-electron chi connectivity index (χ2n) is 6.74. The van der Waals surface area contributed by atoms with Crippen LogP contribution < -0.4 is 0 Å². The Morgan fingerprint density at radius 1 is 1.27 bits per heavy atom. The van der Waals surface area contributed by atoms with Crippen LogP contribution in [0.2, 0.25) is 0 Å². The minimum atomic E-state index is -0.0114. The highest BCUT2D eigenvalue weighted by atomic mass is 16.3. The molecular weight excluding hydrogens is 330 g/mol. The number of aromatic nitrogens is 2. The SMILES string of the molecule is O=C(c1ccc2c(c1)ncn2CCO)N1CCCCC[C@@H]1c1ccco1. The summed E-state index contributed by atoms with van der Waals surface area (Å²) in [5.41, 5.74) is 2.34. The summed E-state index contributed by atoms with van der Waals surface area (Å²) in [6, 6.07) is 9.42. The van der Waals surface area contributed by atoms with Crippen LogP contribution in [0.4, 0.5) is 0 Å². The third-order valence-electron chi connectivity index (χ3n) is 5.09. The molecule has 3 aromatic rings. The van der Waals surface area contributed by atoms with Crippen molar-refractivity contribution in [2.24, 2.45) is 0 Å². The first-order valence-corrected chi connectivity index (χ1v) is 9.18. The zero-order valence-electron chi connectivity index (χ0n) is 14.7. The van der Waals surface area contributed by atoms with Gasteiger partial charge in [0.05, 0.1) is 36.3 Å². The number of amides is 1. The Bertz CT molecular complexity index is 885. The number of carbonyl (C=O) groups is 1. The Kier molecular flexibility index (Phi) is 4.75. The van der Waals surface area contributed by atoms with Gasteiger partial charge in [0.15, 0.2) is 0 Å². The van der Waals surface area contributed by atoms with Crippen LogP contribution in [0.1, 0.15) is 47.8 Å². The van der Waals surface area contributed by atoms with Gasteiger partial charge in [-0.1, -0.05) is 12.8 Å². The fraction of sp³-hybridized carbons (Fsp3) is 0.400. The maximum atomic E-state index is 13.2. The van der Waals surface area contributed by atoms with E-state index in [1.807, 2.05) is 39.8 Å². The molecule has 136 valence electrons. The quantitative estimate of drug-likeness (QED) is 0.780. The monoisotopic (exact) mass is 353 g/mol. The lowest BCUT2D eigenvalue weighted by Gasteiger charge is -2.28. The fourth-order valence-corrected chi connectivity index (χ4v) is 3.78. The number of hydrogen-bond acceptors (Lipinski definition) is 4. The lowest BCUT2D eigenvalue weighted by atomic mass is 10.1. The Hall–Kier alpha value is -2.60. The van der Waals surface area contributed by atoms with Gasteiger partial charge in [0, 0.05) is 18.7 Å². The molecule has 0 radical (unpaired) electrons. The summed E-state index contributed by atoms with van der Waals surface area (Å²) < 4.78 is 7.50. The molecule has 3 heterocycles. The third kappa shape index (κ3) is 3.12. The number of likely N-dealkylation sites (tertiary alicyclic amines) is 1. The van der Waals surface area contributed by atoms with Gasteiger partial charge in [0.1, 0.15) is 5.76 Å². The molecule has 1 fully saturated rings. The van der Waals surface area contributed by atoms with Crippen molar-refractivity contribution < 1.29 is 14.3 Å². The summed E-state index contributed by atoms with van der Waals surface area (Å²) in [7, 11) is 0. The topological polar surface area (TPSA) is 71.5 Å². The van der Waals surface area contributed by atoms with Gasteiger partial charge in [0.25, 0.3) is 5.91 Å². The van der Waals surface area contributed by atoms with E-state index in [0.29, 0.717) is 12.1 Å². The van der Waals surface area contributed by atoms with Crippen LogP contribution in [0.3, 0.4) is 0 Å². The lowest BCUT2D eigenvalue weighted by molar-refractivity contribution is 0.0658. The van der Waals surface area contributed by atoms with Crippen LogP contribution in [-0.2, 0) is 6.54 Å². The number of imidazole rings is 1. The summed E-state index contributed by atoms with van der Waals surface area (Å²) >= 11 is 0. The first-order valence-electron chi connectivity index (χ1n) is 9.18. The minimum Gasteiger partial charge on any atom is -0.467 e. The second-order valence-corrected chi connectivity index (χ2v) is 6.74. The maximum Gasteiger partial charge on any atom is 0.254 e. The molecular formula is C20H23N3O3. The van der Waals surface area contributed by atoms with Crippen LogP contribution in [0, 0.1) is 0 Å². The van der Waals surface area contributed by atoms with E-state index in [2.05, 4.69) is 4.98 Å². The Morgan fingerprint density at radius 3 is 3.00 bits per heavy atom. The van der Waals surface area contributed by atoms with Crippen molar-refractivity contribution in [2.75, 3.05) is 13.2 Å². The minimum absolute atomic E-state index is 0.0114. The Labute approximate surface area is 152 Å². The predicted octanol–water partition coefficient (Wildman–Crippen LogP) is 3.38. The molecule has 6 heteroatoms. The van der Waals surface area contributed by atoms with E-state index in [1.165, 1.54) is 0 Å². The Morgan fingerprint density at radius 2 is 2.19 bits per heavy atom. The summed E-state index contributed by atoms with van der Waals surface area (Å²) in [4.78, 5) is 19.6. The molecule has 0 spiro atoms. The molecule has 1 aromatic carbocycles. The molecule has 0 bridgehead atoms.